The minimum atomic E-state index is -0.486. The molecule has 1 aliphatic heterocycles. The van der Waals surface area contributed by atoms with Crippen molar-refractivity contribution in [3.63, 3.8) is 0 Å². The SMILES string of the molecule is CCC(C)[C@@H](C(=O)Nc1ccc(C(C)C)cc1)N1Cc2ccccc2C1=O. The molecule has 1 unspecified atom stereocenters. The molecule has 0 spiro atoms. The molecule has 0 aromatic heterocycles. The third kappa shape index (κ3) is 3.90. The Morgan fingerprint density at radius 1 is 1.07 bits per heavy atom. The summed E-state index contributed by atoms with van der Waals surface area (Å²) in [6, 6.07) is 15.1. The fraction of sp³-hybridized carbons (Fsp3) is 0.391. The number of fused-ring (bicyclic) bond motifs is 1. The van der Waals surface area contributed by atoms with E-state index in [0.717, 1.165) is 17.7 Å². The normalized spacial score (nSPS) is 15.6. The molecular formula is C23H28N2O2. The first kappa shape index (κ1) is 19.2. The van der Waals surface area contributed by atoms with Gasteiger partial charge in [0.2, 0.25) is 5.91 Å². The van der Waals surface area contributed by atoms with E-state index in [-0.39, 0.29) is 17.7 Å². The Bertz CT molecular complexity index is 827. The van der Waals surface area contributed by atoms with Crippen LogP contribution in [0.1, 0.15) is 61.5 Å². The van der Waals surface area contributed by atoms with Crippen molar-refractivity contribution in [1.29, 1.82) is 0 Å². The summed E-state index contributed by atoms with van der Waals surface area (Å²) in [7, 11) is 0. The van der Waals surface area contributed by atoms with Crippen LogP contribution >= 0.6 is 0 Å². The molecule has 0 aliphatic carbocycles. The largest absolute Gasteiger partial charge is 0.324 e. The Hall–Kier alpha value is -2.62. The van der Waals surface area contributed by atoms with E-state index in [1.54, 1.807) is 4.90 Å². The number of nitrogens with one attached hydrogen (secondary N) is 1. The molecule has 1 N–H and O–H groups in total. The lowest BCUT2D eigenvalue weighted by molar-refractivity contribution is -0.122. The maximum absolute atomic E-state index is 13.1. The summed E-state index contributed by atoms with van der Waals surface area (Å²) < 4.78 is 0. The van der Waals surface area contributed by atoms with Crippen molar-refractivity contribution in [2.24, 2.45) is 5.92 Å². The van der Waals surface area contributed by atoms with E-state index in [4.69, 9.17) is 0 Å². The summed E-state index contributed by atoms with van der Waals surface area (Å²) in [6.07, 6.45) is 0.824. The summed E-state index contributed by atoms with van der Waals surface area (Å²) >= 11 is 0. The van der Waals surface area contributed by atoms with E-state index in [1.807, 2.05) is 55.5 Å². The lowest BCUT2D eigenvalue weighted by Crippen LogP contribution is -2.48. The van der Waals surface area contributed by atoms with Gasteiger partial charge in [-0.1, -0.05) is 64.4 Å². The average Bonchev–Trinajstić information content (AvgIpc) is 2.99. The van der Waals surface area contributed by atoms with Gasteiger partial charge in [-0.3, -0.25) is 9.59 Å². The predicted octanol–water partition coefficient (Wildman–Crippen LogP) is 4.82. The molecule has 4 heteroatoms. The van der Waals surface area contributed by atoms with Gasteiger partial charge in [0.1, 0.15) is 6.04 Å². The molecule has 142 valence electrons. The maximum atomic E-state index is 13.1. The van der Waals surface area contributed by atoms with E-state index in [0.29, 0.717) is 18.0 Å². The van der Waals surface area contributed by atoms with Crippen molar-refractivity contribution in [2.45, 2.75) is 52.6 Å². The quantitative estimate of drug-likeness (QED) is 0.799. The van der Waals surface area contributed by atoms with Crippen LogP contribution in [0.15, 0.2) is 48.5 Å². The zero-order chi connectivity index (χ0) is 19.6. The molecule has 1 heterocycles. The molecule has 0 saturated heterocycles. The van der Waals surface area contributed by atoms with Crippen LogP contribution in [0.4, 0.5) is 5.69 Å². The third-order valence-corrected chi connectivity index (χ3v) is 5.48. The van der Waals surface area contributed by atoms with Gasteiger partial charge in [-0.25, -0.2) is 0 Å². The molecule has 1 aliphatic rings. The van der Waals surface area contributed by atoms with Crippen molar-refractivity contribution >= 4 is 17.5 Å². The number of benzene rings is 2. The standard InChI is InChI=1S/C23H28N2O2/c1-5-16(4)21(25-14-18-8-6-7-9-20(18)23(25)27)22(26)24-19-12-10-17(11-13-19)15(2)3/h6-13,15-16,21H,5,14H2,1-4H3,(H,24,26)/t16?,21-/m0/s1. The fourth-order valence-corrected chi connectivity index (χ4v) is 3.60. The number of hydrogen-bond donors (Lipinski definition) is 1. The minimum absolute atomic E-state index is 0.0544. The van der Waals surface area contributed by atoms with E-state index < -0.39 is 6.04 Å². The number of amides is 2. The maximum Gasteiger partial charge on any atom is 0.255 e. The van der Waals surface area contributed by atoms with Crippen LogP contribution in [0.5, 0.6) is 0 Å². The van der Waals surface area contributed by atoms with Gasteiger partial charge in [0.05, 0.1) is 0 Å². The molecule has 27 heavy (non-hydrogen) atoms. The van der Waals surface area contributed by atoms with Crippen molar-refractivity contribution in [3.8, 4) is 0 Å². The number of carbonyl (C=O) groups is 2. The molecule has 4 nitrogen and oxygen atoms in total. The van der Waals surface area contributed by atoms with Crippen LogP contribution in [0, 0.1) is 5.92 Å². The number of hydrogen-bond acceptors (Lipinski definition) is 2. The van der Waals surface area contributed by atoms with Gasteiger partial charge in [-0.2, -0.15) is 0 Å². The molecule has 2 aromatic carbocycles. The third-order valence-electron chi connectivity index (χ3n) is 5.48. The highest BCUT2D eigenvalue weighted by Gasteiger charge is 2.38. The van der Waals surface area contributed by atoms with Crippen LogP contribution < -0.4 is 5.32 Å². The lowest BCUT2D eigenvalue weighted by Gasteiger charge is -2.31. The second kappa shape index (κ2) is 7.95. The van der Waals surface area contributed by atoms with E-state index in [9.17, 15) is 9.59 Å². The zero-order valence-corrected chi connectivity index (χ0v) is 16.5. The van der Waals surface area contributed by atoms with Crippen molar-refractivity contribution < 1.29 is 9.59 Å². The monoisotopic (exact) mass is 364 g/mol. The van der Waals surface area contributed by atoms with E-state index in [1.165, 1.54) is 5.56 Å². The zero-order valence-electron chi connectivity index (χ0n) is 16.5. The molecule has 0 bridgehead atoms. The predicted molar refractivity (Wildman–Crippen MR) is 109 cm³/mol. The van der Waals surface area contributed by atoms with E-state index >= 15 is 0 Å². The highest BCUT2D eigenvalue weighted by molar-refractivity contribution is 6.03. The van der Waals surface area contributed by atoms with Crippen molar-refractivity contribution in [3.05, 3.63) is 65.2 Å². The van der Waals surface area contributed by atoms with Crippen LogP contribution in [-0.2, 0) is 11.3 Å². The van der Waals surface area contributed by atoms with Gasteiger partial charge in [0, 0.05) is 17.8 Å². The number of nitrogens with zero attached hydrogens (tertiary/aromatic N) is 1. The Morgan fingerprint density at radius 2 is 1.74 bits per heavy atom. The summed E-state index contributed by atoms with van der Waals surface area (Å²) in [5, 5.41) is 3.01. The Morgan fingerprint density at radius 3 is 2.33 bits per heavy atom. The first-order chi connectivity index (χ1) is 12.9. The van der Waals surface area contributed by atoms with Gasteiger partial charge >= 0.3 is 0 Å². The van der Waals surface area contributed by atoms with Crippen LogP contribution in [0.3, 0.4) is 0 Å². The number of rotatable bonds is 6. The Labute approximate surface area is 161 Å². The molecule has 0 fully saturated rings. The minimum Gasteiger partial charge on any atom is -0.324 e. The van der Waals surface area contributed by atoms with Crippen molar-refractivity contribution in [1.82, 2.24) is 4.90 Å². The summed E-state index contributed by atoms with van der Waals surface area (Å²) in [4.78, 5) is 27.7. The summed E-state index contributed by atoms with van der Waals surface area (Å²) in [6.45, 7) is 8.86. The van der Waals surface area contributed by atoms with Crippen LogP contribution in [0.25, 0.3) is 0 Å². The highest BCUT2D eigenvalue weighted by atomic mass is 16.2. The second-order valence-corrected chi connectivity index (χ2v) is 7.69. The smallest absolute Gasteiger partial charge is 0.255 e. The molecule has 2 amide bonds. The van der Waals surface area contributed by atoms with Gasteiger partial charge < -0.3 is 10.2 Å². The van der Waals surface area contributed by atoms with Gasteiger partial charge in [0.15, 0.2) is 0 Å². The highest BCUT2D eigenvalue weighted by Crippen LogP contribution is 2.29. The van der Waals surface area contributed by atoms with Crippen LogP contribution in [0.2, 0.25) is 0 Å². The molecule has 0 saturated carbocycles. The van der Waals surface area contributed by atoms with Gasteiger partial charge in [-0.05, 0) is 41.2 Å². The first-order valence-corrected chi connectivity index (χ1v) is 9.72. The summed E-state index contributed by atoms with van der Waals surface area (Å²) in [5.74, 6) is 0.338. The van der Waals surface area contributed by atoms with E-state index in [2.05, 4.69) is 26.1 Å². The van der Waals surface area contributed by atoms with Crippen LogP contribution in [-0.4, -0.2) is 22.8 Å². The first-order valence-electron chi connectivity index (χ1n) is 9.72. The number of anilines is 1. The second-order valence-electron chi connectivity index (χ2n) is 7.69. The van der Waals surface area contributed by atoms with Gasteiger partial charge in [0.25, 0.3) is 5.91 Å². The molecule has 2 atom stereocenters. The molecular weight excluding hydrogens is 336 g/mol. The molecule has 3 rings (SSSR count). The van der Waals surface area contributed by atoms with Gasteiger partial charge in [-0.15, -0.1) is 0 Å². The summed E-state index contributed by atoms with van der Waals surface area (Å²) in [5.41, 5.74) is 3.70. The lowest BCUT2D eigenvalue weighted by atomic mass is 9.96. The topological polar surface area (TPSA) is 49.4 Å². The average molecular weight is 364 g/mol. The molecule has 2 aromatic rings. The fourth-order valence-electron chi connectivity index (χ4n) is 3.60. The molecule has 0 radical (unpaired) electrons. The number of carbonyl (C=O) groups excluding carboxylic acids is 2. The Balaban J connectivity index is 1.81. The van der Waals surface area contributed by atoms with Crippen molar-refractivity contribution in [2.75, 3.05) is 5.32 Å². The Kier molecular flexibility index (Phi) is 5.64.